The van der Waals surface area contributed by atoms with Crippen molar-refractivity contribution in [3.8, 4) is 11.5 Å². The predicted octanol–water partition coefficient (Wildman–Crippen LogP) is 4.39. The molecule has 2 aromatic heterocycles. The van der Waals surface area contributed by atoms with Crippen LogP contribution in [-0.2, 0) is 0 Å². The van der Waals surface area contributed by atoms with Gasteiger partial charge >= 0.3 is 0 Å². The summed E-state index contributed by atoms with van der Waals surface area (Å²) < 4.78 is 10.7. The van der Waals surface area contributed by atoms with Gasteiger partial charge in [0, 0.05) is 24.8 Å². The fourth-order valence-electron chi connectivity index (χ4n) is 3.78. The molecule has 1 aromatic carbocycles. The predicted molar refractivity (Wildman–Crippen MR) is 116 cm³/mol. The van der Waals surface area contributed by atoms with E-state index in [9.17, 15) is 4.79 Å². The van der Waals surface area contributed by atoms with Crippen LogP contribution in [0.15, 0.2) is 24.5 Å². The van der Waals surface area contributed by atoms with Gasteiger partial charge in [0.25, 0.3) is 5.91 Å². The summed E-state index contributed by atoms with van der Waals surface area (Å²) >= 11 is 1.41. The Hall–Kier alpha value is -2.58. The second-order valence-corrected chi connectivity index (χ2v) is 8.00. The number of carbonyl (C=O) groups is 1. The van der Waals surface area contributed by atoms with E-state index in [1.54, 1.807) is 18.5 Å². The third-order valence-corrected chi connectivity index (χ3v) is 6.40. The maximum absolute atomic E-state index is 13.0. The van der Waals surface area contributed by atoms with Crippen LogP contribution in [0.25, 0.3) is 10.2 Å². The van der Waals surface area contributed by atoms with Gasteiger partial charge in [-0.05, 0) is 43.9 Å². The average Bonchev–Trinajstić information content (AvgIpc) is 3.32. The number of ether oxygens (including phenoxy) is 2. The number of nitrogens with one attached hydrogen (secondary N) is 1. The van der Waals surface area contributed by atoms with Gasteiger partial charge in [-0.2, -0.15) is 0 Å². The number of piperidine rings is 1. The zero-order valence-electron chi connectivity index (χ0n) is 15.9. The number of carbonyl (C=O) groups excluding carboxylic acids is 1. The molecule has 0 atom stereocenters. The molecule has 2 aliphatic rings. The van der Waals surface area contributed by atoms with Gasteiger partial charge < -0.3 is 19.7 Å². The maximum Gasteiger partial charge on any atom is 0.266 e. The summed E-state index contributed by atoms with van der Waals surface area (Å²) in [7, 11) is 0. The number of hydrogen-bond donors (Lipinski definition) is 1. The van der Waals surface area contributed by atoms with E-state index in [-0.39, 0.29) is 25.1 Å². The van der Waals surface area contributed by atoms with E-state index in [4.69, 9.17) is 9.47 Å². The summed E-state index contributed by atoms with van der Waals surface area (Å²) in [5.41, 5.74) is 1.60. The SMILES string of the molecule is Cc1c(C(=O)Nc2ccc3c(c2)OCO3)sc2ncnc(N3CCCCC3)c12.Cl. The van der Waals surface area contributed by atoms with Crippen molar-refractivity contribution in [2.24, 2.45) is 0 Å². The number of amides is 1. The number of aromatic nitrogens is 2. The third kappa shape index (κ3) is 3.58. The molecule has 7 nitrogen and oxygen atoms in total. The number of benzene rings is 1. The third-order valence-electron chi connectivity index (χ3n) is 5.20. The minimum Gasteiger partial charge on any atom is -0.454 e. The van der Waals surface area contributed by atoms with E-state index in [1.165, 1.54) is 30.6 Å². The molecule has 3 aromatic rings. The zero-order chi connectivity index (χ0) is 19.1. The van der Waals surface area contributed by atoms with E-state index in [2.05, 4.69) is 20.2 Å². The normalized spacial score (nSPS) is 15.3. The molecule has 29 heavy (non-hydrogen) atoms. The van der Waals surface area contributed by atoms with Crippen LogP contribution in [0, 0.1) is 6.92 Å². The highest BCUT2D eigenvalue weighted by atomic mass is 35.5. The fraction of sp³-hybridized carbons (Fsp3) is 0.350. The van der Waals surface area contributed by atoms with Crippen LogP contribution < -0.4 is 19.7 Å². The van der Waals surface area contributed by atoms with Gasteiger partial charge in [0.15, 0.2) is 11.5 Å². The molecule has 0 aliphatic carbocycles. The standard InChI is InChI=1S/C20H20N4O3S.ClH/c1-12-16-18(24-7-3-2-4-8-24)21-10-22-20(16)28-17(12)19(25)23-13-5-6-14-15(9-13)27-11-26-14;/h5-6,9-10H,2-4,7-8,11H2,1H3,(H,23,25);1H. The molecule has 0 spiro atoms. The molecular formula is C20H21ClN4O3S. The first-order valence-corrected chi connectivity index (χ1v) is 10.2. The summed E-state index contributed by atoms with van der Waals surface area (Å²) in [6.07, 6.45) is 5.20. The summed E-state index contributed by atoms with van der Waals surface area (Å²) in [6.45, 7) is 4.19. The highest BCUT2D eigenvalue weighted by molar-refractivity contribution is 7.20. The lowest BCUT2D eigenvalue weighted by molar-refractivity contribution is 0.103. The smallest absolute Gasteiger partial charge is 0.266 e. The molecule has 0 saturated carbocycles. The van der Waals surface area contributed by atoms with Crippen molar-refractivity contribution in [3.05, 3.63) is 35.0 Å². The number of fused-ring (bicyclic) bond motifs is 2. The summed E-state index contributed by atoms with van der Waals surface area (Å²) in [5.74, 6) is 2.13. The molecule has 9 heteroatoms. The fourth-order valence-corrected chi connectivity index (χ4v) is 4.82. The van der Waals surface area contributed by atoms with Gasteiger partial charge in [-0.15, -0.1) is 23.7 Å². The number of anilines is 2. The summed E-state index contributed by atoms with van der Waals surface area (Å²) in [6, 6.07) is 5.39. The molecule has 152 valence electrons. The Kier molecular flexibility index (Phi) is 5.47. The van der Waals surface area contributed by atoms with Crippen LogP contribution in [0.3, 0.4) is 0 Å². The van der Waals surface area contributed by atoms with Crippen LogP contribution in [-0.4, -0.2) is 35.8 Å². The Balaban J connectivity index is 0.00000205. The van der Waals surface area contributed by atoms with Crippen LogP contribution >= 0.6 is 23.7 Å². The molecule has 2 aliphatic heterocycles. The van der Waals surface area contributed by atoms with Gasteiger partial charge in [0.2, 0.25) is 6.79 Å². The molecule has 5 rings (SSSR count). The van der Waals surface area contributed by atoms with E-state index in [1.807, 2.05) is 13.0 Å². The minimum atomic E-state index is -0.149. The maximum atomic E-state index is 13.0. The molecule has 4 heterocycles. The summed E-state index contributed by atoms with van der Waals surface area (Å²) in [5, 5.41) is 3.95. The monoisotopic (exact) mass is 432 g/mol. The number of rotatable bonds is 3. The lowest BCUT2D eigenvalue weighted by Crippen LogP contribution is -2.30. The number of hydrogen-bond acceptors (Lipinski definition) is 7. The lowest BCUT2D eigenvalue weighted by atomic mass is 10.1. The van der Waals surface area contributed by atoms with Gasteiger partial charge in [-0.3, -0.25) is 4.79 Å². The Labute approximate surface area is 178 Å². The molecule has 1 saturated heterocycles. The van der Waals surface area contributed by atoms with E-state index in [0.29, 0.717) is 22.1 Å². The van der Waals surface area contributed by atoms with Crippen molar-refractivity contribution in [2.75, 3.05) is 30.1 Å². The molecule has 1 amide bonds. The average molecular weight is 433 g/mol. The lowest BCUT2D eigenvalue weighted by Gasteiger charge is -2.28. The van der Waals surface area contributed by atoms with E-state index in [0.717, 1.165) is 34.7 Å². The molecule has 0 unspecified atom stereocenters. The highest BCUT2D eigenvalue weighted by Gasteiger charge is 2.23. The number of halogens is 1. The van der Waals surface area contributed by atoms with Crippen LogP contribution in [0.5, 0.6) is 11.5 Å². The molecular weight excluding hydrogens is 412 g/mol. The van der Waals surface area contributed by atoms with Crippen LogP contribution in [0.4, 0.5) is 11.5 Å². The number of nitrogens with zero attached hydrogens (tertiary/aromatic N) is 3. The van der Waals surface area contributed by atoms with Gasteiger partial charge in [0.05, 0.1) is 10.3 Å². The first-order valence-electron chi connectivity index (χ1n) is 9.41. The van der Waals surface area contributed by atoms with Crippen molar-refractivity contribution in [1.82, 2.24) is 9.97 Å². The number of aryl methyl sites for hydroxylation is 1. The van der Waals surface area contributed by atoms with Crippen molar-refractivity contribution in [2.45, 2.75) is 26.2 Å². The highest BCUT2D eigenvalue weighted by Crippen LogP contribution is 2.37. The Morgan fingerprint density at radius 2 is 1.93 bits per heavy atom. The molecule has 0 bridgehead atoms. The van der Waals surface area contributed by atoms with Crippen molar-refractivity contribution in [3.63, 3.8) is 0 Å². The Morgan fingerprint density at radius 3 is 2.76 bits per heavy atom. The van der Waals surface area contributed by atoms with Crippen molar-refractivity contribution < 1.29 is 14.3 Å². The quantitative estimate of drug-likeness (QED) is 0.661. The molecule has 0 radical (unpaired) electrons. The zero-order valence-corrected chi connectivity index (χ0v) is 17.6. The second-order valence-electron chi connectivity index (χ2n) is 7.00. The van der Waals surface area contributed by atoms with E-state index < -0.39 is 0 Å². The van der Waals surface area contributed by atoms with Crippen LogP contribution in [0.2, 0.25) is 0 Å². The number of thiophene rings is 1. The largest absolute Gasteiger partial charge is 0.454 e. The Bertz CT molecular complexity index is 1070. The topological polar surface area (TPSA) is 76.6 Å². The Morgan fingerprint density at radius 1 is 1.14 bits per heavy atom. The second kappa shape index (κ2) is 8.04. The van der Waals surface area contributed by atoms with E-state index >= 15 is 0 Å². The first kappa shape index (κ1) is 19.7. The van der Waals surface area contributed by atoms with Crippen LogP contribution in [0.1, 0.15) is 34.5 Å². The minimum absolute atomic E-state index is 0. The first-order chi connectivity index (χ1) is 13.7. The molecule has 1 fully saturated rings. The van der Waals surface area contributed by atoms with Gasteiger partial charge in [-0.1, -0.05) is 0 Å². The van der Waals surface area contributed by atoms with Gasteiger partial charge in [-0.25, -0.2) is 9.97 Å². The van der Waals surface area contributed by atoms with Gasteiger partial charge in [0.1, 0.15) is 17.0 Å². The summed E-state index contributed by atoms with van der Waals surface area (Å²) in [4.78, 5) is 25.7. The molecule has 1 N–H and O–H groups in total. The van der Waals surface area contributed by atoms with Crippen molar-refractivity contribution >= 4 is 51.4 Å². The van der Waals surface area contributed by atoms with Crippen molar-refractivity contribution in [1.29, 1.82) is 0 Å².